The van der Waals surface area contributed by atoms with Crippen LogP contribution in [0.3, 0.4) is 0 Å². The molecule has 0 radical (unpaired) electrons. The fourth-order valence-corrected chi connectivity index (χ4v) is 1.41. The van der Waals surface area contributed by atoms with E-state index in [0.29, 0.717) is 11.3 Å². The Morgan fingerprint density at radius 3 is 2.38 bits per heavy atom. The monoisotopic (exact) mass is 270 g/mol. The first-order valence-electron chi connectivity index (χ1n) is 3.53. The molecule has 0 amide bonds. The van der Waals surface area contributed by atoms with Crippen molar-refractivity contribution in [2.75, 3.05) is 0 Å². The van der Waals surface area contributed by atoms with Gasteiger partial charge >= 0.3 is 6.18 Å². The van der Waals surface area contributed by atoms with E-state index in [1.165, 1.54) is 18.2 Å². The predicted octanol–water partition coefficient (Wildman–Crippen LogP) is 3.57. The standard InChI is InChI=1S/C8H6BrF3S/c9-7(8(10,11)12)5-1-3-6(13)4-2-5/h1-3,7H,4H2. The Labute approximate surface area is 87.6 Å². The molecule has 0 N–H and O–H groups in total. The summed E-state index contributed by atoms with van der Waals surface area (Å²) in [7, 11) is 0. The molecule has 0 bridgehead atoms. The SMILES string of the molecule is FC(F)(F)C(Br)C1=CCC(=S)C=C1. The second kappa shape index (κ2) is 3.92. The van der Waals surface area contributed by atoms with Gasteiger partial charge in [-0.25, -0.2) is 0 Å². The van der Waals surface area contributed by atoms with Crippen molar-refractivity contribution in [1.82, 2.24) is 0 Å². The van der Waals surface area contributed by atoms with Crippen LogP contribution in [0.2, 0.25) is 0 Å². The van der Waals surface area contributed by atoms with Gasteiger partial charge in [-0.15, -0.1) is 0 Å². The number of halogens is 4. The van der Waals surface area contributed by atoms with Crippen LogP contribution in [0.5, 0.6) is 0 Å². The molecule has 1 unspecified atom stereocenters. The summed E-state index contributed by atoms with van der Waals surface area (Å²) in [5.74, 6) is 0. The summed E-state index contributed by atoms with van der Waals surface area (Å²) < 4.78 is 36.5. The largest absolute Gasteiger partial charge is 0.405 e. The van der Waals surface area contributed by atoms with E-state index >= 15 is 0 Å². The van der Waals surface area contributed by atoms with Crippen LogP contribution in [0.4, 0.5) is 13.2 Å². The molecular formula is C8H6BrF3S. The van der Waals surface area contributed by atoms with E-state index < -0.39 is 11.0 Å². The van der Waals surface area contributed by atoms with Crippen molar-refractivity contribution in [2.24, 2.45) is 0 Å². The Bertz CT molecular complexity index is 278. The van der Waals surface area contributed by atoms with E-state index in [1.807, 2.05) is 0 Å². The molecule has 1 atom stereocenters. The summed E-state index contributed by atoms with van der Waals surface area (Å²) in [4.78, 5) is -0.926. The van der Waals surface area contributed by atoms with E-state index in [4.69, 9.17) is 12.2 Å². The highest BCUT2D eigenvalue weighted by Crippen LogP contribution is 2.33. The lowest BCUT2D eigenvalue weighted by Gasteiger charge is -2.17. The maximum absolute atomic E-state index is 12.2. The topological polar surface area (TPSA) is 0 Å². The van der Waals surface area contributed by atoms with Gasteiger partial charge in [-0.1, -0.05) is 40.3 Å². The summed E-state index contributed by atoms with van der Waals surface area (Å²) in [6, 6.07) is 0. The Morgan fingerprint density at radius 1 is 1.38 bits per heavy atom. The highest BCUT2D eigenvalue weighted by molar-refractivity contribution is 9.09. The summed E-state index contributed by atoms with van der Waals surface area (Å²) >= 11 is 7.40. The minimum absolute atomic E-state index is 0.223. The zero-order valence-electron chi connectivity index (χ0n) is 6.44. The van der Waals surface area contributed by atoms with Gasteiger partial charge in [-0.05, 0) is 11.6 Å². The number of hydrogen-bond donors (Lipinski definition) is 0. The molecule has 0 fully saturated rings. The van der Waals surface area contributed by atoms with E-state index in [9.17, 15) is 13.2 Å². The molecule has 0 aromatic carbocycles. The molecule has 0 saturated carbocycles. The highest BCUT2D eigenvalue weighted by atomic mass is 79.9. The fraction of sp³-hybridized carbons (Fsp3) is 0.375. The van der Waals surface area contributed by atoms with Crippen molar-refractivity contribution in [3.05, 3.63) is 23.8 Å². The van der Waals surface area contributed by atoms with Crippen LogP contribution in [0.1, 0.15) is 6.42 Å². The minimum atomic E-state index is -4.24. The van der Waals surface area contributed by atoms with Crippen molar-refractivity contribution < 1.29 is 13.2 Å². The Morgan fingerprint density at radius 2 is 2.00 bits per heavy atom. The molecule has 0 aliphatic heterocycles. The number of allylic oxidation sites excluding steroid dienone is 4. The second-order valence-electron chi connectivity index (χ2n) is 2.61. The van der Waals surface area contributed by atoms with Crippen LogP contribution in [0, 0.1) is 0 Å². The van der Waals surface area contributed by atoms with Gasteiger partial charge in [0.05, 0.1) is 0 Å². The van der Waals surface area contributed by atoms with Gasteiger partial charge in [-0.3, -0.25) is 0 Å². The summed E-state index contributed by atoms with van der Waals surface area (Å²) in [5.41, 5.74) is 0.223. The Kier molecular flexibility index (Phi) is 3.29. The molecule has 5 heteroatoms. The van der Waals surface area contributed by atoms with Gasteiger partial charge in [0.1, 0.15) is 4.83 Å². The number of rotatable bonds is 1. The molecule has 0 spiro atoms. The average Bonchev–Trinajstić information content (AvgIpc) is 2.03. The number of hydrogen-bond acceptors (Lipinski definition) is 1. The van der Waals surface area contributed by atoms with Gasteiger partial charge in [0.25, 0.3) is 0 Å². The smallest absolute Gasteiger partial charge is 0.169 e. The molecule has 1 aliphatic rings. The second-order valence-corrected chi connectivity index (χ2v) is 4.05. The molecule has 1 aliphatic carbocycles. The number of alkyl halides is 4. The van der Waals surface area contributed by atoms with E-state index in [2.05, 4.69) is 15.9 Å². The van der Waals surface area contributed by atoms with Crippen molar-refractivity contribution in [2.45, 2.75) is 17.4 Å². The molecular weight excluding hydrogens is 265 g/mol. The lowest BCUT2D eigenvalue weighted by Crippen LogP contribution is -2.24. The maximum atomic E-state index is 12.2. The summed E-state index contributed by atoms with van der Waals surface area (Å²) in [5, 5.41) is 0. The van der Waals surface area contributed by atoms with Crippen LogP contribution >= 0.6 is 28.1 Å². The van der Waals surface area contributed by atoms with Crippen molar-refractivity contribution >= 4 is 33.0 Å². The van der Waals surface area contributed by atoms with Gasteiger partial charge in [-0.2, -0.15) is 13.2 Å². The summed E-state index contributed by atoms with van der Waals surface area (Å²) in [6.45, 7) is 0. The lowest BCUT2D eigenvalue weighted by atomic mass is 10.0. The highest BCUT2D eigenvalue weighted by Gasteiger charge is 2.39. The van der Waals surface area contributed by atoms with Crippen LogP contribution < -0.4 is 0 Å². The third-order valence-electron chi connectivity index (χ3n) is 1.58. The van der Waals surface area contributed by atoms with E-state index in [0.717, 1.165) is 0 Å². The van der Waals surface area contributed by atoms with Gasteiger partial charge in [0.15, 0.2) is 0 Å². The maximum Gasteiger partial charge on any atom is 0.405 e. The first kappa shape index (κ1) is 10.9. The first-order valence-corrected chi connectivity index (χ1v) is 4.85. The van der Waals surface area contributed by atoms with E-state index in [1.54, 1.807) is 0 Å². The zero-order valence-corrected chi connectivity index (χ0v) is 8.84. The van der Waals surface area contributed by atoms with Crippen molar-refractivity contribution in [3.63, 3.8) is 0 Å². The summed E-state index contributed by atoms with van der Waals surface area (Å²) in [6.07, 6.45) is 0.604. The van der Waals surface area contributed by atoms with Crippen molar-refractivity contribution in [1.29, 1.82) is 0 Å². The van der Waals surface area contributed by atoms with Crippen LogP contribution in [0.25, 0.3) is 0 Å². The van der Waals surface area contributed by atoms with E-state index in [-0.39, 0.29) is 5.57 Å². The third kappa shape index (κ3) is 2.91. The molecule has 1 rings (SSSR count). The lowest BCUT2D eigenvalue weighted by molar-refractivity contribution is -0.119. The quantitative estimate of drug-likeness (QED) is 0.519. The minimum Gasteiger partial charge on any atom is -0.169 e. The van der Waals surface area contributed by atoms with Gasteiger partial charge < -0.3 is 0 Å². The average molecular weight is 271 g/mol. The molecule has 13 heavy (non-hydrogen) atoms. The van der Waals surface area contributed by atoms with Crippen LogP contribution in [0.15, 0.2) is 23.8 Å². The van der Waals surface area contributed by atoms with Crippen LogP contribution in [-0.4, -0.2) is 15.9 Å². The predicted molar refractivity (Wildman–Crippen MR) is 53.2 cm³/mol. The van der Waals surface area contributed by atoms with Gasteiger partial charge in [0, 0.05) is 11.3 Å². The number of thiocarbonyl (C=S) groups is 1. The van der Waals surface area contributed by atoms with Gasteiger partial charge in [0.2, 0.25) is 0 Å². The molecule has 0 aromatic heterocycles. The first-order chi connectivity index (χ1) is 5.91. The molecule has 0 saturated heterocycles. The molecule has 0 aromatic rings. The van der Waals surface area contributed by atoms with Crippen LogP contribution in [-0.2, 0) is 0 Å². The fourth-order valence-electron chi connectivity index (χ4n) is 0.921. The normalized spacial score (nSPS) is 20.0. The Balaban J connectivity index is 2.75. The Hall–Kier alpha value is -0.160. The third-order valence-corrected chi connectivity index (χ3v) is 2.93. The molecule has 72 valence electrons. The molecule has 0 nitrogen and oxygen atoms in total. The zero-order chi connectivity index (χ0) is 10.1. The molecule has 0 heterocycles. The van der Waals surface area contributed by atoms with Crippen molar-refractivity contribution in [3.8, 4) is 0 Å².